The van der Waals surface area contributed by atoms with E-state index in [1.807, 2.05) is 24.3 Å². The molecular formula is C20H13N5OS2. The van der Waals surface area contributed by atoms with E-state index in [0.717, 1.165) is 41.6 Å². The third-order valence-corrected chi connectivity index (χ3v) is 6.48. The summed E-state index contributed by atoms with van der Waals surface area (Å²) in [6, 6.07) is 16.7. The van der Waals surface area contributed by atoms with Crippen molar-refractivity contribution in [2.24, 2.45) is 5.18 Å². The van der Waals surface area contributed by atoms with Gasteiger partial charge in [-0.15, -0.1) is 27.6 Å². The van der Waals surface area contributed by atoms with Gasteiger partial charge in [0.15, 0.2) is 0 Å². The summed E-state index contributed by atoms with van der Waals surface area (Å²) in [4.78, 5) is 20.1. The summed E-state index contributed by atoms with van der Waals surface area (Å²) < 4.78 is 2.12. The molecule has 136 valence electrons. The van der Waals surface area contributed by atoms with Crippen molar-refractivity contribution in [3.63, 3.8) is 0 Å². The molecule has 5 rings (SSSR count). The van der Waals surface area contributed by atoms with Gasteiger partial charge >= 0.3 is 0 Å². The molecule has 6 nitrogen and oxygen atoms in total. The Labute approximate surface area is 167 Å². The summed E-state index contributed by atoms with van der Waals surface area (Å²) in [6.07, 6.45) is 0. The van der Waals surface area contributed by atoms with E-state index >= 15 is 0 Å². The van der Waals surface area contributed by atoms with Crippen molar-refractivity contribution in [2.45, 2.75) is 0 Å². The largest absolute Gasteiger partial charge is 0.399 e. The number of nitrogens with zero attached hydrogens (tertiary/aromatic N) is 3. The summed E-state index contributed by atoms with van der Waals surface area (Å²) in [5, 5.41) is 4.71. The van der Waals surface area contributed by atoms with Crippen molar-refractivity contribution in [2.75, 3.05) is 11.5 Å². The lowest BCUT2D eigenvalue weighted by Gasteiger charge is -2.00. The van der Waals surface area contributed by atoms with E-state index in [0.29, 0.717) is 17.1 Å². The molecule has 5 aromatic rings. The average molecular weight is 403 g/mol. The predicted octanol–water partition coefficient (Wildman–Crippen LogP) is 5.80. The molecule has 0 radical (unpaired) electrons. The van der Waals surface area contributed by atoms with Crippen LogP contribution in [0.15, 0.2) is 59.8 Å². The van der Waals surface area contributed by atoms with Crippen LogP contribution in [-0.2, 0) is 0 Å². The van der Waals surface area contributed by atoms with Crippen molar-refractivity contribution in [1.29, 1.82) is 0 Å². The first kappa shape index (κ1) is 16.8. The van der Waals surface area contributed by atoms with E-state index in [9.17, 15) is 4.91 Å². The van der Waals surface area contributed by atoms with Crippen molar-refractivity contribution in [1.82, 2.24) is 9.97 Å². The Morgan fingerprint density at radius 1 is 0.714 bits per heavy atom. The van der Waals surface area contributed by atoms with E-state index in [-0.39, 0.29) is 0 Å². The molecule has 0 fully saturated rings. The number of aromatic nitrogens is 2. The maximum atomic E-state index is 10.6. The first-order chi connectivity index (χ1) is 13.6. The topological polar surface area (TPSA) is 107 Å². The van der Waals surface area contributed by atoms with E-state index < -0.39 is 0 Å². The molecule has 0 unspecified atom stereocenters. The van der Waals surface area contributed by atoms with E-state index in [1.54, 1.807) is 40.9 Å². The summed E-state index contributed by atoms with van der Waals surface area (Å²) in [5.41, 5.74) is 17.2. The third-order valence-electron chi connectivity index (χ3n) is 4.34. The highest BCUT2D eigenvalue weighted by molar-refractivity contribution is 7.23. The first-order valence-electron chi connectivity index (χ1n) is 8.40. The highest BCUT2D eigenvalue weighted by Gasteiger charge is 2.12. The zero-order valence-electron chi connectivity index (χ0n) is 14.4. The molecule has 3 aromatic carbocycles. The molecule has 0 aliphatic heterocycles. The average Bonchev–Trinajstić information content (AvgIpc) is 3.28. The molecule has 2 heterocycles. The fraction of sp³-hybridized carbons (Fsp3) is 0. The van der Waals surface area contributed by atoms with Crippen LogP contribution >= 0.6 is 22.7 Å². The van der Waals surface area contributed by atoms with Crippen molar-refractivity contribution < 1.29 is 0 Å². The van der Waals surface area contributed by atoms with Gasteiger partial charge in [0.05, 0.1) is 20.4 Å². The molecule has 0 atom stereocenters. The van der Waals surface area contributed by atoms with Crippen LogP contribution in [0.3, 0.4) is 0 Å². The second-order valence-electron chi connectivity index (χ2n) is 6.35. The zero-order chi connectivity index (χ0) is 19.3. The molecule has 0 bridgehead atoms. The highest BCUT2D eigenvalue weighted by Crippen LogP contribution is 2.37. The first-order valence-corrected chi connectivity index (χ1v) is 10.0. The van der Waals surface area contributed by atoms with Crippen LogP contribution in [0.25, 0.3) is 41.6 Å². The van der Waals surface area contributed by atoms with Crippen molar-refractivity contribution in [3.05, 3.63) is 59.5 Å². The number of fused-ring (bicyclic) bond motifs is 2. The number of hydrogen-bond acceptors (Lipinski definition) is 8. The standard InChI is InChI=1S/C20H13N5OS2/c21-12-5-11(6-13(22)7-12)20-24-16-9-17-15(8-18(16)28-20)23-19(27-17)10-1-3-14(25-26)4-2-10/h1-9H,21-22H2. The highest BCUT2D eigenvalue weighted by atomic mass is 32.1. The lowest BCUT2D eigenvalue weighted by molar-refractivity contribution is 1.45. The Morgan fingerprint density at radius 3 is 1.79 bits per heavy atom. The number of rotatable bonds is 3. The van der Waals surface area contributed by atoms with Crippen LogP contribution in [-0.4, -0.2) is 9.97 Å². The van der Waals surface area contributed by atoms with Crippen LogP contribution in [0.4, 0.5) is 17.1 Å². The lowest BCUT2D eigenvalue weighted by Crippen LogP contribution is -1.90. The predicted molar refractivity (Wildman–Crippen MR) is 118 cm³/mol. The molecule has 4 N–H and O–H groups in total. The van der Waals surface area contributed by atoms with Gasteiger partial charge < -0.3 is 11.5 Å². The maximum absolute atomic E-state index is 10.6. The van der Waals surface area contributed by atoms with Gasteiger partial charge in [-0.3, -0.25) is 0 Å². The Balaban J connectivity index is 1.59. The SMILES string of the molecule is Nc1cc(N)cc(-c2nc3cc4sc(-c5ccc(N=O)cc5)nc4cc3s2)c1. The number of nitroso groups, excluding NO2 is 1. The van der Waals surface area contributed by atoms with Gasteiger partial charge in [-0.1, -0.05) is 0 Å². The molecule has 0 saturated heterocycles. The summed E-state index contributed by atoms with van der Waals surface area (Å²) in [6.45, 7) is 0. The second-order valence-corrected chi connectivity index (χ2v) is 8.41. The molecule has 0 aliphatic carbocycles. The quantitative estimate of drug-likeness (QED) is 0.292. The number of nitrogens with two attached hydrogens (primary N) is 2. The second kappa shape index (κ2) is 6.36. The fourth-order valence-corrected chi connectivity index (χ4v) is 5.01. The van der Waals surface area contributed by atoms with Crippen molar-refractivity contribution in [3.8, 4) is 21.1 Å². The number of hydrogen-bond donors (Lipinski definition) is 2. The van der Waals surface area contributed by atoms with Crippen LogP contribution in [0, 0.1) is 4.91 Å². The minimum Gasteiger partial charge on any atom is -0.399 e. The monoisotopic (exact) mass is 403 g/mol. The lowest BCUT2D eigenvalue weighted by atomic mass is 10.2. The summed E-state index contributed by atoms with van der Waals surface area (Å²) >= 11 is 3.18. The minimum atomic E-state index is 0.407. The number of benzene rings is 3. The molecule has 28 heavy (non-hydrogen) atoms. The zero-order valence-corrected chi connectivity index (χ0v) is 16.1. The van der Waals surface area contributed by atoms with E-state index in [2.05, 4.69) is 17.3 Å². The maximum Gasteiger partial charge on any atom is 0.124 e. The van der Waals surface area contributed by atoms with Gasteiger partial charge in [0.25, 0.3) is 0 Å². The van der Waals surface area contributed by atoms with E-state index in [4.69, 9.17) is 21.4 Å². The molecule has 2 aromatic heterocycles. The number of thiazole rings is 2. The molecule has 0 amide bonds. The Morgan fingerprint density at radius 2 is 1.25 bits per heavy atom. The normalized spacial score (nSPS) is 11.3. The van der Waals surface area contributed by atoms with Crippen molar-refractivity contribution >= 4 is 60.2 Å². The molecule has 8 heteroatoms. The van der Waals surface area contributed by atoms with Gasteiger partial charge in [-0.2, -0.15) is 0 Å². The van der Waals surface area contributed by atoms with Crippen LogP contribution < -0.4 is 11.5 Å². The fourth-order valence-electron chi connectivity index (χ4n) is 3.06. The van der Waals surface area contributed by atoms with Crippen LogP contribution in [0.5, 0.6) is 0 Å². The number of anilines is 2. The Kier molecular flexibility index (Phi) is 3.81. The molecule has 0 aliphatic rings. The summed E-state index contributed by atoms with van der Waals surface area (Å²) in [5.74, 6) is 0. The van der Waals surface area contributed by atoms with Gasteiger partial charge in [0.2, 0.25) is 0 Å². The van der Waals surface area contributed by atoms with Gasteiger partial charge in [0, 0.05) is 22.5 Å². The molecule has 0 saturated carbocycles. The van der Waals surface area contributed by atoms with Crippen LogP contribution in [0.2, 0.25) is 0 Å². The van der Waals surface area contributed by atoms with Gasteiger partial charge in [-0.25, -0.2) is 9.97 Å². The Bertz CT molecular complexity index is 1280. The smallest absolute Gasteiger partial charge is 0.124 e. The van der Waals surface area contributed by atoms with E-state index in [1.165, 1.54) is 0 Å². The van der Waals surface area contributed by atoms with Crippen LogP contribution in [0.1, 0.15) is 0 Å². The minimum absolute atomic E-state index is 0.407. The summed E-state index contributed by atoms with van der Waals surface area (Å²) in [7, 11) is 0. The Hall–Kier alpha value is -3.36. The van der Waals surface area contributed by atoms with Gasteiger partial charge in [0.1, 0.15) is 15.7 Å². The third kappa shape index (κ3) is 2.88. The van der Waals surface area contributed by atoms with Gasteiger partial charge in [-0.05, 0) is 59.8 Å². The molecule has 0 spiro atoms. The molecular weight excluding hydrogens is 390 g/mol. The number of nitrogen functional groups attached to an aromatic ring is 2.